The van der Waals surface area contributed by atoms with Crippen LogP contribution < -0.4 is 0 Å². The topological polar surface area (TPSA) is 48.0 Å². The van der Waals surface area contributed by atoms with Crippen LogP contribution in [0.3, 0.4) is 0 Å². The Bertz CT molecular complexity index is 522. The molecule has 1 aromatic rings. The summed E-state index contributed by atoms with van der Waals surface area (Å²) in [5, 5.41) is 0. The Kier molecular flexibility index (Phi) is 6.99. The van der Waals surface area contributed by atoms with Crippen molar-refractivity contribution in [1.29, 1.82) is 0 Å². The molecule has 0 aromatic heterocycles. The first-order valence-electron chi connectivity index (χ1n) is 9.24. The van der Waals surface area contributed by atoms with E-state index in [-0.39, 0.29) is 5.92 Å². The maximum atomic E-state index is 12.6. The summed E-state index contributed by atoms with van der Waals surface area (Å²) in [5.41, 5.74) is 1.33. The average molecular weight is 347 g/mol. The zero-order chi connectivity index (χ0) is 17.5. The SMILES string of the molecule is COCCOCCC(=O)C1CC2COCC(C1)N2Cc1ccccc1. The minimum atomic E-state index is 0.150. The molecule has 0 amide bonds. The highest BCUT2D eigenvalue weighted by Gasteiger charge is 2.40. The number of ether oxygens (including phenoxy) is 3. The number of rotatable bonds is 9. The highest BCUT2D eigenvalue weighted by Crippen LogP contribution is 2.33. The van der Waals surface area contributed by atoms with Crippen molar-refractivity contribution in [2.75, 3.05) is 40.1 Å². The van der Waals surface area contributed by atoms with E-state index in [4.69, 9.17) is 14.2 Å². The number of piperidine rings is 1. The predicted molar refractivity (Wildman–Crippen MR) is 95.4 cm³/mol. The van der Waals surface area contributed by atoms with Crippen LogP contribution in [0.1, 0.15) is 24.8 Å². The molecule has 138 valence electrons. The van der Waals surface area contributed by atoms with Gasteiger partial charge in [0.2, 0.25) is 0 Å². The monoisotopic (exact) mass is 347 g/mol. The molecule has 0 aliphatic carbocycles. The van der Waals surface area contributed by atoms with Gasteiger partial charge in [0, 0.05) is 38.1 Å². The Morgan fingerprint density at radius 1 is 1.12 bits per heavy atom. The van der Waals surface area contributed by atoms with E-state index in [9.17, 15) is 4.79 Å². The summed E-state index contributed by atoms with van der Waals surface area (Å²) >= 11 is 0. The molecule has 2 heterocycles. The van der Waals surface area contributed by atoms with Gasteiger partial charge in [-0.15, -0.1) is 0 Å². The van der Waals surface area contributed by atoms with E-state index in [0.717, 1.165) is 32.6 Å². The van der Waals surface area contributed by atoms with Gasteiger partial charge in [-0.2, -0.15) is 0 Å². The molecule has 5 heteroatoms. The highest BCUT2D eigenvalue weighted by molar-refractivity contribution is 5.81. The molecule has 0 saturated carbocycles. The Hall–Kier alpha value is -1.27. The molecule has 2 unspecified atom stereocenters. The maximum Gasteiger partial charge on any atom is 0.138 e. The predicted octanol–water partition coefficient (Wildman–Crippen LogP) is 2.29. The van der Waals surface area contributed by atoms with Gasteiger partial charge in [-0.25, -0.2) is 0 Å². The zero-order valence-corrected chi connectivity index (χ0v) is 15.1. The summed E-state index contributed by atoms with van der Waals surface area (Å²) in [6.07, 6.45) is 2.31. The second-order valence-corrected chi connectivity index (χ2v) is 6.99. The van der Waals surface area contributed by atoms with Gasteiger partial charge in [0.15, 0.2) is 0 Å². The molecule has 0 N–H and O–H groups in total. The smallest absolute Gasteiger partial charge is 0.138 e. The number of fused-ring (bicyclic) bond motifs is 2. The molecule has 0 radical (unpaired) electrons. The van der Waals surface area contributed by atoms with Crippen LogP contribution in [0, 0.1) is 5.92 Å². The number of Topliss-reactive ketones (excluding diaryl/α,β-unsaturated/α-hetero) is 1. The highest BCUT2D eigenvalue weighted by atomic mass is 16.5. The van der Waals surface area contributed by atoms with Crippen molar-refractivity contribution in [2.24, 2.45) is 5.92 Å². The number of benzene rings is 1. The third-order valence-electron chi connectivity index (χ3n) is 5.26. The lowest BCUT2D eigenvalue weighted by Gasteiger charge is -2.48. The van der Waals surface area contributed by atoms with Crippen LogP contribution in [0.4, 0.5) is 0 Å². The van der Waals surface area contributed by atoms with Crippen molar-refractivity contribution in [1.82, 2.24) is 4.90 Å². The standard InChI is InChI=1S/C20H29NO4/c1-23-9-10-24-8-7-20(22)17-11-18-14-25-15-19(12-17)21(18)13-16-5-3-2-4-6-16/h2-6,17-19H,7-15H2,1H3. The van der Waals surface area contributed by atoms with E-state index in [0.29, 0.717) is 44.1 Å². The van der Waals surface area contributed by atoms with Gasteiger partial charge < -0.3 is 14.2 Å². The lowest BCUT2D eigenvalue weighted by Crippen LogP contribution is -2.57. The van der Waals surface area contributed by atoms with Crippen LogP contribution >= 0.6 is 0 Å². The van der Waals surface area contributed by atoms with Gasteiger partial charge in [0.05, 0.1) is 33.0 Å². The summed E-state index contributed by atoms with van der Waals surface area (Å²) in [6, 6.07) is 11.2. The fourth-order valence-electron chi connectivity index (χ4n) is 3.93. The van der Waals surface area contributed by atoms with Crippen LogP contribution in [0.15, 0.2) is 30.3 Å². The molecule has 2 fully saturated rings. The fraction of sp³-hybridized carbons (Fsp3) is 0.650. The van der Waals surface area contributed by atoms with Crippen molar-refractivity contribution >= 4 is 5.78 Å². The molecule has 1 aromatic carbocycles. The van der Waals surface area contributed by atoms with E-state index in [2.05, 4.69) is 29.2 Å². The first kappa shape index (κ1) is 18.5. The van der Waals surface area contributed by atoms with Gasteiger partial charge in [0.1, 0.15) is 5.78 Å². The second kappa shape index (κ2) is 9.43. The minimum Gasteiger partial charge on any atom is -0.382 e. The van der Waals surface area contributed by atoms with E-state index in [1.54, 1.807) is 7.11 Å². The number of carbonyl (C=O) groups excluding carboxylic acids is 1. The van der Waals surface area contributed by atoms with Crippen LogP contribution in [-0.2, 0) is 25.5 Å². The minimum absolute atomic E-state index is 0.150. The number of hydrogen-bond acceptors (Lipinski definition) is 5. The molecule has 25 heavy (non-hydrogen) atoms. The van der Waals surface area contributed by atoms with E-state index >= 15 is 0 Å². The van der Waals surface area contributed by atoms with Crippen molar-refractivity contribution in [3.63, 3.8) is 0 Å². The Balaban J connectivity index is 1.51. The van der Waals surface area contributed by atoms with Crippen LogP contribution in [0.2, 0.25) is 0 Å². The summed E-state index contributed by atoms with van der Waals surface area (Å²) in [4.78, 5) is 15.1. The fourth-order valence-corrected chi connectivity index (χ4v) is 3.93. The number of methoxy groups -OCH3 is 1. The summed E-state index contributed by atoms with van der Waals surface area (Å²) < 4.78 is 16.2. The molecule has 2 saturated heterocycles. The molecular weight excluding hydrogens is 318 g/mol. The molecule has 5 nitrogen and oxygen atoms in total. The van der Waals surface area contributed by atoms with E-state index < -0.39 is 0 Å². The lowest BCUT2D eigenvalue weighted by atomic mass is 9.81. The van der Waals surface area contributed by atoms with Gasteiger partial charge in [-0.05, 0) is 18.4 Å². The molecule has 0 spiro atoms. The first-order valence-corrected chi connectivity index (χ1v) is 9.24. The van der Waals surface area contributed by atoms with Crippen molar-refractivity contribution in [3.8, 4) is 0 Å². The quantitative estimate of drug-likeness (QED) is 0.642. The molecular formula is C20H29NO4. The Morgan fingerprint density at radius 2 is 1.84 bits per heavy atom. The number of hydrogen-bond donors (Lipinski definition) is 0. The summed E-state index contributed by atoms with van der Waals surface area (Å²) in [5.74, 6) is 0.491. The third kappa shape index (κ3) is 5.11. The Morgan fingerprint density at radius 3 is 2.52 bits per heavy atom. The number of ketones is 1. The van der Waals surface area contributed by atoms with Crippen LogP contribution in [0.25, 0.3) is 0 Å². The van der Waals surface area contributed by atoms with Crippen LogP contribution in [-0.4, -0.2) is 62.9 Å². The largest absolute Gasteiger partial charge is 0.382 e. The normalized spacial score (nSPS) is 26.5. The van der Waals surface area contributed by atoms with Crippen molar-refractivity contribution < 1.29 is 19.0 Å². The second-order valence-electron chi connectivity index (χ2n) is 6.99. The van der Waals surface area contributed by atoms with Gasteiger partial charge in [-0.3, -0.25) is 9.69 Å². The zero-order valence-electron chi connectivity index (χ0n) is 15.1. The van der Waals surface area contributed by atoms with Crippen molar-refractivity contribution in [3.05, 3.63) is 35.9 Å². The molecule has 2 aliphatic rings. The molecule has 2 aliphatic heterocycles. The summed E-state index contributed by atoms with van der Waals surface area (Å²) in [7, 11) is 1.65. The molecule has 3 rings (SSSR count). The summed E-state index contributed by atoms with van der Waals surface area (Å²) in [6.45, 7) is 4.04. The maximum absolute atomic E-state index is 12.6. The number of morpholine rings is 1. The molecule has 2 bridgehead atoms. The van der Waals surface area contributed by atoms with Gasteiger partial charge in [-0.1, -0.05) is 30.3 Å². The van der Waals surface area contributed by atoms with Crippen LogP contribution in [0.5, 0.6) is 0 Å². The van der Waals surface area contributed by atoms with Gasteiger partial charge in [0.25, 0.3) is 0 Å². The third-order valence-corrected chi connectivity index (χ3v) is 5.26. The lowest BCUT2D eigenvalue weighted by molar-refractivity contribution is -0.134. The van der Waals surface area contributed by atoms with E-state index in [1.165, 1.54) is 5.56 Å². The van der Waals surface area contributed by atoms with E-state index in [1.807, 2.05) is 6.07 Å². The average Bonchev–Trinajstić information content (AvgIpc) is 2.62. The Labute approximate surface area is 150 Å². The van der Waals surface area contributed by atoms with Gasteiger partial charge >= 0.3 is 0 Å². The van der Waals surface area contributed by atoms with Crippen molar-refractivity contribution in [2.45, 2.75) is 37.9 Å². The first-order chi connectivity index (χ1) is 12.3. The number of carbonyl (C=O) groups is 1. The molecule has 2 atom stereocenters. The number of nitrogens with zero attached hydrogens (tertiary/aromatic N) is 1.